The van der Waals surface area contributed by atoms with Crippen LogP contribution in [-0.4, -0.2) is 48.7 Å². The number of carbonyl (C=O) groups is 1. The SMILES string of the molecule is C[C@H](CC(=O)N1CCC(O)(Cn2cnc3c(ccn3-c3ccccc3)c2=O)CC1)c1ccccc1. The molecule has 1 N–H and O–H groups in total. The van der Waals surface area contributed by atoms with Gasteiger partial charge in [0.05, 0.1) is 17.5 Å². The lowest BCUT2D eigenvalue weighted by molar-refractivity contribution is -0.136. The van der Waals surface area contributed by atoms with E-state index >= 15 is 0 Å². The predicted molar refractivity (Wildman–Crippen MR) is 136 cm³/mol. The molecule has 7 nitrogen and oxygen atoms in total. The van der Waals surface area contributed by atoms with E-state index in [1.165, 1.54) is 10.9 Å². The first-order valence-electron chi connectivity index (χ1n) is 12.1. The molecule has 1 aliphatic heterocycles. The molecule has 0 saturated carbocycles. The average Bonchev–Trinajstić information content (AvgIpc) is 3.32. The summed E-state index contributed by atoms with van der Waals surface area (Å²) in [6.45, 7) is 3.18. The van der Waals surface area contributed by atoms with Crippen molar-refractivity contribution in [1.82, 2.24) is 19.0 Å². The quantitative estimate of drug-likeness (QED) is 0.466. The van der Waals surface area contributed by atoms with Crippen molar-refractivity contribution in [3.63, 3.8) is 0 Å². The number of fused-ring (bicyclic) bond motifs is 1. The third kappa shape index (κ3) is 4.77. The van der Waals surface area contributed by atoms with Gasteiger partial charge in [-0.3, -0.25) is 14.2 Å². The number of para-hydroxylation sites is 1. The summed E-state index contributed by atoms with van der Waals surface area (Å²) in [5, 5.41) is 11.7. The number of aliphatic hydroxyl groups is 1. The highest BCUT2D eigenvalue weighted by Gasteiger charge is 2.35. The van der Waals surface area contributed by atoms with Crippen LogP contribution in [0.15, 0.2) is 84.0 Å². The van der Waals surface area contributed by atoms with Crippen LogP contribution in [0.4, 0.5) is 0 Å². The van der Waals surface area contributed by atoms with Crippen molar-refractivity contribution < 1.29 is 9.90 Å². The lowest BCUT2D eigenvalue weighted by Gasteiger charge is -2.38. The van der Waals surface area contributed by atoms with Crippen LogP contribution in [0, 0.1) is 0 Å². The molecule has 7 heteroatoms. The van der Waals surface area contributed by atoms with E-state index in [0.29, 0.717) is 43.4 Å². The summed E-state index contributed by atoms with van der Waals surface area (Å²) in [5.41, 5.74) is 1.45. The van der Waals surface area contributed by atoms with Crippen LogP contribution < -0.4 is 5.56 Å². The number of hydrogen-bond donors (Lipinski definition) is 1. The second-order valence-electron chi connectivity index (χ2n) is 9.56. The van der Waals surface area contributed by atoms with Crippen LogP contribution >= 0.6 is 0 Å². The molecule has 1 fully saturated rings. The Morgan fingerprint density at radius 1 is 1.03 bits per heavy atom. The smallest absolute Gasteiger partial charge is 0.262 e. The number of nitrogens with zero attached hydrogens (tertiary/aromatic N) is 4. The van der Waals surface area contributed by atoms with Crippen LogP contribution in [-0.2, 0) is 11.3 Å². The molecule has 3 heterocycles. The summed E-state index contributed by atoms with van der Waals surface area (Å²) >= 11 is 0. The standard InChI is InChI=1S/C28H30N4O3/c1-21(22-8-4-2-5-9-22)18-25(33)30-16-13-28(35,14-17-30)19-31-20-29-26-24(27(31)34)12-15-32(26)23-10-6-3-7-11-23/h2-12,15,20-21,35H,13-14,16-19H2,1H3/t21-/m1/s1. The Hall–Kier alpha value is -3.71. The monoisotopic (exact) mass is 470 g/mol. The molecule has 35 heavy (non-hydrogen) atoms. The first-order chi connectivity index (χ1) is 16.9. The van der Waals surface area contributed by atoms with Crippen molar-refractivity contribution in [2.75, 3.05) is 13.1 Å². The van der Waals surface area contributed by atoms with Crippen molar-refractivity contribution in [3.8, 4) is 5.69 Å². The molecule has 1 aliphatic rings. The summed E-state index contributed by atoms with van der Waals surface area (Å²) < 4.78 is 3.38. The Balaban J connectivity index is 1.25. The number of hydrogen-bond acceptors (Lipinski definition) is 4. The molecule has 5 rings (SSSR count). The Morgan fingerprint density at radius 2 is 1.69 bits per heavy atom. The number of amides is 1. The zero-order valence-electron chi connectivity index (χ0n) is 19.9. The van der Waals surface area contributed by atoms with Gasteiger partial charge in [0.15, 0.2) is 5.65 Å². The summed E-state index contributed by atoms with van der Waals surface area (Å²) in [5.74, 6) is 0.245. The van der Waals surface area contributed by atoms with Crippen molar-refractivity contribution in [1.29, 1.82) is 0 Å². The molecule has 2 aromatic carbocycles. The minimum absolute atomic E-state index is 0.103. The van der Waals surface area contributed by atoms with Crippen molar-refractivity contribution in [2.24, 2.45) is 0 Å². The summed E-state index contributed by atoms with van der Waals surface area (Å²) in [4.78, 5) is 32.4. The fourth-order valence-corrected chi connectivity index (χ4v) is 4.90. The first kappa shape index (κ1) is 23.1. The average molecular weight is 471 g/mol. The van der Waals surface area contributed by atoms with Crippen LogP contribution in [0.2, 0.25) is 0 Å². The van der Waals surface area contributed by atoms with E-state index < -0.39 is 5.60 Å². The Bertz CT molecular complexity index is 1370. The minimum atomic E-state index is -1.05. The van der Waals surface area contributed by atoms with Gasteiger partial charge in [0.2, 0.25) is 5.91 Å². The molecule has 1 saturated heterocycles. The van der Waals surface area contributed by atoms with E-state index in [1.807, 2.05) is 76.3 Å². The van der Waals surface area contributed by atoms with E-state index in [0.717, 1.165) is 11.3 Å². The van der Waals surface area contributed by atoms with E-state index in [4.69, 9.17) is 0 Å². The molecule has 0 spiro atoms. The van der Waals surface area contributed by atoms with Gasteiger partial charge in [-0.25, -0.2) is 4.98 Å². The maximum atomic E-state index is 13.2. The molecular weight excluding hydrogens is 440 g/mol. The molecule has 180 valence electrons. The molecule has 0 bridgehead atoms. The summed E-state index contributed by atoms with van der Waals surface area (Å²) in [7, 11) is 0. The summed E-state index contributed by atoms with van der Waals surface area (Å²) in [6.07, 6.45) is 4.65. The molecule has 1 amide bonds. The van der Waals surface area contributed by atoms with E-state index in [2.05, 4.69) is 11.9 Å². The largest absolute Gasteiger partial charge is 0.388 e. The maximum Gasteiger partial charge on any atom is 0.262 e. The van der Waals surface area contributed by atoms with Gasteiger partial charge < -0.3 is 14.6 Å². The minimum Gasteiger partial charge on any atom is -0.388 e. The number of benzene rings is 2. The van der Waals surface area contributed by atoms with Gasteiger partial charge in [-0.1, -0.05) is 55.5 Å². The molecule has 0 unspecified atom stereocenters. The van der Waals surface area contributed by atoms with Gasteiger partial charge in [-0.2, -0.15) is 0 Å². The lowest BCUT2D eigenvalue weighted by atomic mass is 9.90. The van der Waals surface area contributed by atoms with Crippen LogP contribution in [0.25, 0.3) is 16.7 Å². The maximum absolute atomic E-state index is 13.2. The number of rotatable bonds is 6. The number of carbonyl (C=O) groups excluding carboxylic acids is 1. The van der Waals surface area contributed by atoms with Gasteiger partial charge in [0, 0.05) is 31.4 Å². The number of likely N-dealkylation sites (tertiary alicyclic amines) is 1. The van der Waals surface area contributed by atoms with Crippen molar-refractivity contribution >= 4 is 16.9 Å². The predicted octanol–water partition coefficient (Wildman–Crippen LogP) is 3.73. The van der Waals surface area contributed by atoms with Gasteiger partial charge in [0.25, 0.3) is 5.56 Å². The fraction of sp³-hybridized carbons (Fsp3) is 0.321. The highest BCUT2D eigenvalue weighted by atomic mass is 16.3. The zero-order valence-corrected chi connectivity index (χ0v) is 19.9. The van der Waals surface area contributed by atoms with Crippen LogP contribution in [0.5, 0.6) is 0 Å². The van der Waals surface area contributed by atoms with E-state index in [1.54, 1.807) is 6.07 Å². The topological polar surface area (TPSA) is 80.4 Å². The first-order valence-corrected chi connectivity index (χ1v) is 12.1. The van der Waals surface area contributed by atoms with Gasteiger partial charge in [-0.05, 0) is 42.5 Å². The third-order valence-corrected chi connectivity index (χ3v) is 7.07. The van der Waals surface area contributed by atoms with Crippen molar-refractivity contribution in [3.05, 3.63) is 95.2 Å². The second kappa shape index (κ2) is 9.50. The molecule has 1 atom stereocenters. The normalized spacial score (nSPS) is 16.3. The van der Waals surface area contributed by atoms with Gasteiger partial charge in [0.1, 0.15) is 6.33 Å². The fourth-order valence-electron chi connectivity index (χ4n) is 4.90. The second-order valence-corrected chi connectivity index (χ2v) is 9.56. The van der Waals surface area contributed by atoms with E-state index in [9.17, 15) is 14.7 Å². The Morgan fingerprint density at radius 3 is 2.37 bits per heavy atom. The molecule has 0 aliphatic carbocycles. The van der Waals surface area contributed by atoms with Gasteiger partial charge >= 0.3 is 0 Å². The van der Waals surface area contributed by atoms with Crippen molar-refractivity contribution in [2.45, 2.75) is 44.2 Å². The van der Waals surface area contributed by atoms with Gasteiger partial charge in [-0.15, -0.1) is 0 Å². The molecule has 4 aromatic rings. The third-order valence-electron chi connectivity index (χ3n) is 7.07. The van der Waals surface area contributed by atoms with Crippen LogP contribution in [0.1, 0.15) is 37.7 Å². The van der Waals surface area contributed by atoms with Crippen LogP contribution in [0.3, 0.4) is 0 Å². The number of aromatic nitrogens is 3. The summed E-state index contributed by atoms with van der Waals surface area (Å²) in [6, 6.07) is 21.6. The number of piperidine rings is 1. The Labute approximate surface area is 204 Å². The zero-order chi connectivity index (χ0) is 24.4. The molecule has 0 radical (unpaired) electrons. The highest BCUT2D eigenvalue weighted by molar-refractivity contribution is 5.77. The highest BCUT2D eigenvalue weighted by Crippen LogP contribution is 2.26. The molecule has 2 aromatic heterocycles. The molecular formula is C28H30N4O3. The Kier molecular flexibility index (Phi) is 6.26. The van der Waals surface area contributed by atoms with E-state index in [-0.39, 0.29) is 23.9 Å². The lowest BCUT2D eigenvalue weighted by Crippen LogP contribution is -2.49.